The average molecular weight is 766 g/mol. The third kappa shape index (κ3) is 7.29. The molecule has 1 N–H and O–H groups in total. The summed E-state index contributed by atoms with van der Waals surface area (Å²) in [5.41, 5.74) is 14.6. The summed E-state index contributed by atoms with van der Waals surface area (Å²) in [5.74, 6) is 0. The van der Waals surface area contributed by atoms with Crippen molar-refractivity contribution in [2.75, 3.05) is 4.90 Å². The topological polar surface area (TPSA) is 32.2 Å². The molecule has 0 radical (unpaired) electrons. The largest absolute Gasteiger partial charge is 0.462 e. The zero-order valence-electron chi connectivity index (χ0n) is 36.4. The third-order valence-electron chi connectivity index (χ3n) is 11.5. The van der Waals surface area contributed by atoms with Crippen molar-refractivity contribution in [2.45, 2.75) is 131 Å². The number of nitrogens with zero attached hydrogens (tertiary/aromatic N) is 1. The van der Waals surface area contributed by atoms with Crippen molar-refractivity contribution < 1.29 is 4.42 Å². The Morgan fingerprint density at radius 1 is 0.518 bits per heavy atom. The summed E-state index contributed by atoms with van der Waals surface area (Å²) in [6.07, 6.45) is 1.97. The molecule has 0 saturated heterocycles. The van der Waals surface area contributed by atoms with Gasteiger partial charge in [0.1, 0.15) is 11.8 Å². The lowest BCUT2D eigenvalue weighted by Crippen LogP contribution is -2.17. The number of nitrogens with one attached hydrogen (secondary N) is 1. The molecule has 0 bridgehead atoms. The van der Waals surface area contributed by atoms with Crippen LogP contribution in [0, 0.1) is 0 Å². The highest BCUT2D eigenvalue weighted by Gasteiger charge is 2.29. The standard InChI is InChI=1S/C52H61ClN2O/c1-48(2,3)32-16-19-36(20-17-32)55(44-30-56-47-40(44)28-35(51(10,11)12)29-41(47)52(13,14)15)37-25-31(24-34(26-37)50(7,8)9)38-21-22-42(53)45-39-27-33(49(4,5)6)18-23-43(39)54-46(38)45/h16-30,54H,1-15H3. The fourth-order valence-corrected chi connectivity index (χ4v) is 8.09. The molecule has 0 atom stereocenters. The summed E-state index contributed by atoms with van der Waals surface area (Å²) in [6.45, 7) is 34.2. The summed E-state index contributed by atoms with van der Waals surface area (Å²) in [7, 11) is 0. The molecule has 2 aromatic heterocycles. The molecule has 292 valence electrons. The van der Waals surface area contributed by atoms with Gasteiger partial charge < -0.3 is 14.3 Å². The van der Waals surface area contributed by atoms with Crippen LogP contribution in [0.5, 0.6) is 0 Å². The minimum Gasteiger partial charge on any atom is -0.462 e. The van der Waals surface area contributed by atoms with Gasteiger partial charge in [-0.3, -0.25) is 0 Å². The number of hydrogen-bond donors (Lipinski definition) is 1. The summed E-state index contributed by atoms with van der Waals surface area (Å²) >= 11 is 7.09. The highest BCUT2D eigenvalue weighted by molar-refractivity contribution is 6.38. The van der Waals surface area contributed by atoms with E-state index < -0.39 is 0 Å². The van der Waals surface area contributed by atoms with Crippen LogP contribution in [0.3, 0.4) is 0 Å². The lowest BCUT2D eigenvalue weighted by atomic mass is 9.79. The Kier molecular flexibility index (Phi) is 9.44. The van der Waals surface area contributed by atoms with Crippen molar-refractivity contribution >= 4 is 61.4 Å². The first-order valence-electron chi connectivity index (χ1n) is 20.2. The van der Waals surface area contributed by atoms with Crippen LogP contribution in [-0.4, -0.2) is 4.98 Å². The van der Waals surface area contributed by atoms with E-state index in [1.807, 2.05) is 6.26 Å². The lowest BCUT2D eigenvalue weighted by molar-refractivity contribution is 0.550. The lowest BCUT2D eigenvalue weighted by Gasteiger charge is -2.30. The van der Waals surface area contributed by atoms with E-state index in [1.54, 1.807) is 0 Å². The van der Waals surface area contributed by atoms with Gasteiger partial charge in [-0.2, -0.15) is 0 Å². The number of H-pyrrole nitrogens is 1. The minimum atomic E-state index is -0.128. The van der Waals surface area contributed by atoms with E-state index in [0.29, 0.717) is 0 Å². The molecule has 7 rings (SSSR count). The Hall–Kier alpha value is -4.47. The summed E-state index contributed by atoms with van der Waals surface area (Å²) in [4.78, 5) is 6.21. The zero-order valence-corrected chi connectivity index (χ0v) is 37.1. The molecule has 4 heteroatoms. The van der Waals surface area contributed by atoms with E-state index in [4.69, 9.17) is 16.0 Å². The number of benzene rings is 5. The van der Waals surface area contributed by atoms with Crippen LogP contribution < -0.4 is 4.90 Å². The molecule has 0 spiro atoms. The summed E-state index contributed by atoms with van der Waals surface area (Å²) in [5, 5.41) is 4.08. The van der Waals surface area contributed by atoms with Crippen LogP contribution in [0.15, 0.2) is 95.6 Å². The normalized spacial score (nSPS) is 13.4. The number of halogens is 1. The minimum absolute atomic E-state index is 0.0188. The molecule has 0 amide bonds. The molecule has 0 saturated carbocycles. The predicted octanol–water partition coefficient (Wildman–Crippen LogP) is 16.3. The highest BCUT2D eigenvalue weighted by Crippen LogP contribution is 2.48. The molecule has 0 fully saturated rings. The molecule has 0 aliphatic heterocycles. The van der Waals surface area contributed by atoms with Crippen molar-refractivity contribution in [3.05, 3.63) is 124 Å². The van der Waals surface area contributed by atoms with Crippen LogP contribution in [0.1, 0.15) is 132 Å². The maximum atomic E-state index is 7.09. The smallest absolute Gasteiger partial charge is 0.139 e. The Bertz CT molecular complexity index is 2600. The Morgan fingerprint density at radius 2 is 1.09 bits per heavy atom. The van der Waals surface area contributed by atoms with E-state index in [1.165, 1.54) is 27.8 Å². The Balaban J connectivity index is 1.54. The van der Waals surface area contributed by atoms with Gasteiger partial charge >= 0.3 is 0 Å². The molecular formula is C52H61ClN2O. The number of fused-ring (bicyclic) bond motifs is 4. The van der Waals surface area contributed by atoms with Crippen LogP contribution in [0.2, 0.25) is 5.02 Å². The molecule has 3 nitrogen and oxygen atoms in total. The van der Waals surface area contributed by atoms with Crippen LogP contribution in [-0.2, 0) is 27.1 Å². The number of rotatable bonds is 4. The van der Waals surface area contributed by atoms with Crippen molar-refractivity contribution in [2.24, 2.45) is 0 Å². The molecular weight excluding hydrogens is 704 g/mol. The first-order valence-corrected chi connectivity index (χ1v) is 20.6. The van der Waals surface area contributed by atoms with Crippen molar-refractivity contribution in [3.8, 4) is 11.1 Å². The second-order valence-corrected chi connectivity index (χ2v) is 21.6. The van der Waals surface area contributed by atoms with Gasteiger partial charge in [0.25, 0.3) is 0 Å². The number of hydrogen-bond acceptors (Lipinski definition) is 2. The van der Waals surface area contributed by atoms with Gasteiger partial charge in [0.15, 0.2) is 0 Å². The van der Waals surface area contributed by atoms with Crippen molar-refractivity contribution in [1.82, 2.24) is 4.98 Å². The van der Waals surface area contributed by atoms with E-state index in [-0.39, 0.29) is 27.1 Å². The first kappa shape index (κ1) is 39.8. The zero-order chi connectivity index (χ0) is 40.9. The second-order valence-electron chi connectivity index (χ2n) is 21.2. The van der Waals surface area contributed by atoms with Crippen LogP contribution in [0.4, 0.5) is 17.1 Å². The van der Waals surface area contributed by atoms with Gasteiger partial charge in [-0.1, -0.05) is 152 Å². The average Bonchev–Trinajstić information content (AvgIpc) is 3.68. The highest BCUT2D eigenvalue weighted by atomic mass is 35.5. The maximum Gasteiger partial charge on any atom is 0.139 e. The molecule has 5 aromatic carbocycles. The molecule has 0 aliphatic carbocycles. The van der Waals surface area contributed by atoms with E-state index >= 15 is 0 Å². The van der Waals surface area contributed by atoms with Gasteiger partial charge in [0, 0.05) is 44.2 Å². The summed E-state index contributed by atoms with van der Waals surface area (Å²) < 4.78 is 6.67. The Morgan fingerprint density at radius 3 is 1.68 bits per heavy atom. The van der Waals surface area contributed by atoms with Crippen molar-refractivity contribution in [1.29, 1.82) is 0 Å². The number of aromatic nitrogens is 1. The van der Waals surface area contributed by atoms with Gasteiger partial charge in [0.2, 0.25) is 0 Å². The number of anilines is 3. The molecule has 56 heavy (non-hydrogen) atoms. The fourth-order valence-electron chi connectivity index (χ4n) is 7.83. The number of furan rings is 1. The molecule has 2 heterocycles. The quantitative estimate of drug-likeness (QED) is 0.194. The number of aromatic amines is 1. The second kappa shape index (κ2) is 13.3. The van der Waals surface area contributed by atoms with Crippen LogP contribution in [0.25, 0.3) is 43.9 Å². The summed E-state index contributed by atoms with van der Waals surface area (Å²) in [6, 6.07) is 31.9. The van der Waals surface area contributed by atoms with Gasteiger partial charge in [-0.05, 0) is 103 Å². The fraction of sp³-hybridized carbons (Fsp3) is 0.385. The SMILES string of the molecule is CC(C)(C)c1ccc(N(c2cc(-c3ccc(Cl)c4c3[nH]c3ccc(C(C)(C)C)cc34)cc(C(C)(C)C)c2)c2coc3c(C(C)(C)C)cc(C(C)(C)C)cc23)cc1. The van der Waals surface area contributed by atoms with Crippen molar-refractivity contribution in [3.63, 3.8) is 0 Å². The molecule has 7 aromatic rings. The van der Waals surface area contributed by atoms with E-state index in [2.05, 4.69) is 199 Å². The van der Waals surface area contributed by atoms with Gasteiger partial charge in [-0.25, -0.2) is 0 Å². The van der Waals surface area contributed by atoms with Gasteiger partial charge in [0.05, 0.1) is 16.2 Å². The Labute approximate surface area is 340 Å². The monoisotopic (exact) mass is 764 g/mol. The molecule has 0 aliphatic rings. The van der Waals surface area contributed by atoms with Crippen LogP contribution >= 0.6 is 11.6 Å². The van der Waals surface area contributed by atoms with E-state index in [0.717, 1.165) is 66.0 Å². The van der Waals surface area contributed by atoms with Gasteiger partial charge in [-0.15, -0.1) is 0 Å². The molecule has 0 unspecified atom stereocenters. The maximum absolute atomic E-state index is 7.09. The first-order chi connectivity index (χ1) is 25.8. The predicted molar refractivity (Wildman–Crippen MR) is 244 cm³/mol. The van der Waals surface area contributed by atoms with E-state index in [9.17, 15) is 0 Å². The third-order valence-corrected chi connectivity index (χ3v) is 11.8.